The van der Waals surface area contributed by atoms with Gasteiger partial charge in [-0.05, 0) is 68.7 Å². The second kappa shape index (κ2) is 11.3. The first-order valence-electron chi connectivity index (χ1n) is 11.1. The van der Waals surface area contributed by atoms with Gasteiger partial charge in [0.1, 0.15) is 0 Å². The molecule has 8 heteroatoms. The van der Waals surface area contributed by atoms with Crippen LogP contribution < -0.4 is 5.32 Å². The standard InChI is InChI=1S/C26H26ClN5OS/c1-18(8-9-20-6-4-3-5-7-20)29-25(33)19(2)34-26-31-30-24(21-14-16-28-17-15-21)32(26)23-12-10-22(27)11-13-23/h3-7,10-19H,8-9H2,1-2H3,(H,29,33)/t18-,19-/m1/s1. The Kier molecular flexibility index (Phi) is 7.98. The number of pyridine rings is 1. The zero-order chi connectivity index (χ0) is 23.9. The van der Waals surface area contributed by atoms with Crippen LogP contribution in [0.2, 0.25) is 5.02 Å². The number of hydrogen-bond acceptors (Lipinski definition) is 5. The number of amides is 1. The van der Waals surface area contributed by atoms with Crippen molar-refractivity contribution in [3.63, 3.8) is 0 Å². The first-order valence-corrected chi connectivity index (χ1v) is 12.4. The normalized spacial score (nSPS) is 12.8. The van der Waals surface area contributed by atoms with E-state index in [9.17, 15) is 4.79 Å². The summed E-state index contributed by atoms with van der Waals surface area (Å²) < 4.78 is 1.94. The minimum atomic E-state index is -0.347. The number of aromatic nitrogens is 4. The number of benzene rings is 2. The Hall–Kier alpha value is -3.16. The minimum absolute atomic E-state index is 0.0262. The lowest BCUT2D eigenvalue weighted by atomic mass is 10.1. The monoisotopic (exact) mass is 491 g/mol. The summed E-state index contributed by atoms with van der Waals surface area (Å²) in [5.74, 6) is 0.651. The molecule has 1 N–H and O–H groups in total. The van der Waals surface area contributed by atoms with Gasteiger partial charge in [-0.25, -0.2) is 0 Å². The molecule has 0 fully saturated rings. The van der Waals surface area contributed by atoms with Gasteiger partial charge in [-0.1, -0.05) is 53.7 Å². The lowest BCUT2D eigenvalue weighted by Crippen LogP contribution is -2.38. The molecule has 34 heavy (non-hydrogen) atoms. The van der Waals surface area contributed by atoms with Gasteiger partial charge in [0, 0.05) is 34.7 Å². The zero-order valence-electron chi connectivity index (χ0n) is 19.1. The molecule has 2 atom stereocenters. The quantitative estimate of drug-likeness (QED) is 0.308. The van der Waals surface area contributed by atoms with Crippen LogP contribution in [0, 0.1) is 0 Å². The number of carbonyl (C=O) groups is 1. The molecule has 0 saturated heterocycles. The van der Waals surface area contributed by atoms with E-state index in [4.69, 9.17) is 11.6 Å². The molecule has 174 valence electrons. The summed E-state index contributed by atoms with van der Waals surface area (Å²) in [5, 5.41) is 12.9. The van der Waals surface area contributed by atoms with Gasteiger partial charge in [-0.2, -0.15) is 0 Å². The Morgan fingerprint density at radius 3 is 2.41 bits per heavy atom. The van der Waals surface area contributed by atoms with E-state index in [0.29, 0.717) is 16.0 Å². The summed E-state index contributed by atoms with van der Waals surface area (Å²) in [6.07, 6.45) is 5.23. The summed E-state index contributed by atoms with van der Waals surface area (Å²) in [5.41, 5.74) is 3.02. The van der Waals surface area contributed by atoms with Crippen molar-refractivity contribution in [2.24, 2.45) is 0 Å². The average Bonchev–Trinajstić information content (AvgIpc) is 3.27. The van der Waals surface area contributed by atoms with E-state index >= 15 is 0 Å². The van der Waals surface area contributed by atoms with Gasteiger partial charge in [0.15, 0.2) is 11.0 Å². The molecule has 0 bridgehead atoms. The van der Waals surface area contributed by atoms with Crippen LogP contribution in [0.4, 0.5) is 0 Å². The minimum Gasteiger partial charge on any atom is -0.353 e. The number of aryl methyl sites for hydroxylation is 1. The van der Waals surface area contributed by atoms with Crippen LogP contribution in [0.1, 0.15) is 25.8 Å². The van der Waals surface area contributed by atoms with Crippen LogP contribution in [-0.2, 0) is 11.2 Å². The van der Waals surface area contributed by atoms with Crippen molar-refractivity contribution in [2.45, 2.75) is 43.1 Å². The summed E-state index contributed by atoms with van der Waals surface area (Å²) in [6.45, 7) is 3.92. The SMILES string of the molecule is C[C@H](CCc1ccccc1)NC(=O)[C@@H](C)Sc1nnc(-c2ccncc2)n1-c1ccc(Cl)cc1. The van der Waals surface area contributed by atoms with Crippen molar-refractivity contribution in [3.8, 4) is 17.1 Å². The lowest BCUT2D eigenvalue weighted by molar-refractivity contribution is -0.120. The maximum atomic E-state index is 12.9. The Morgan fingerprint density at radius 2 is 1.71 bits per heavy atom. The fourth-order valence-electron chi connectivity index (χ4n) is 3.53. The number of nitrogens with one attached hydrogen (secondary N) is 1. The molecule has 4 aromatic rings. The summed E-state index contributed by atoms with van der Waals surface area (Å²) >= 11 is 7.48. The maximum Gasteiger partial charge on any atom is 0.233 e. The van der Waals surface area contributed by atoms with E-state index in [1.54, 1.807) is 12.4 Å². The van der Waals surface area contributed by atoms with Gasteiger partial charge in [0.2, 0.25) is 5.91 Å². The number of halogens is 1. The third-order valence-electron chi connectivity index (χ3n) is 5.41. The van der Waals surface area contributed by atoms with Crippen molar-refractivity contribution in [3.05, 3.63) is 89.7 Å². The molecule has 0 aliphatic rings. The Bertz CT molecular complexity index is 1220. The third kappa shape index (κ3) is 6.04. The molecular formula is C26H26ClN5OS. The molecule has 0 aliphatic heterocycles. The van der Waals surface area contributed by atoms with Crippen LogP contribution in [0.3, 0.4) is 0 Å². The Balaban J connectivity index is 1.48. The van der Waals surface area contributed by atoms with Crippen LogP contribution in [0.15, 0.2) is 84.3 Å². The summed E-state index contributed by atoms with van der Waals surface area (Å²) in [4.78, 5) is 17.0. The molecule has 4 rings (SSSR count). The highest BCUT2D eigenvalue weighted by Gasteiger charge is 2.22. The van der Waals surface area contributed by atoms with Crippen molar-refractivity contribution in [2.75, 3.05) is 0 Å². The lowest BCUT2D eigenvalue weighted by Gasteiger charge is -2.18. The molecule has 2 aromatic heterocycles. The molecule has 0 aliphatic carbocycles. The molecule has 6 nitrogen and oxygen atoms in total. The van der Waals surface area contributed by atoms with E-state index in [-0.39, 0.29) is 17.2 Å². The largest absolute Gasteiger partial charge is 0.353 e. The molecule has 0 spiro atoms. The average molecular weight is 492 g/mol. The Morgan fingerprint density at radius 1 is 1.00 bits per heavy atom. The van der Waals surface area contributed by atoms with E-state index in [1.807, 2.05) is 73.0 Å². The van der Waals surface area contributed by atoms with Crippen molar-refractivity contribution in [1.29, 1.82) is 0 Å². The Labute approximate surface area is 208 Å². The molecule has 1 amide bonds. The smallest absolute Gasteiger partial charge is 0.233 e. The predicted octanol–water partition coefficient (Wildman–Crippen LogP) is 5.60. The maximum absolute atomic E-state index is 12.9. The number of rotatable bonds is 9. The highest BCUT2D eigenvalue weighted by atomic mass is 35.5. The first kappa shape index (κ1) is 24.0. The third-order valence-corrected chi connectivity index (χ3v) is 6.70. The van der Waals surface area contributed by atoms with Gasteiger partial charge in [-0.3, -0.25) is 14.3 Å². The highest BCUT2D eigenvalue weighted by molar-refractivity contribution is 8.00. The van der Waals surface area contributed by atoms with Gasteiger partial charge < -0.3 is 5.32 Å². The van der Waals surface area contributed by atoms with Gasteiger partial charge in [-0.15, -0.1) is 10.2 Å². The first-order chi connectivity index (χ1) is 16.5. The summed E-state index contributed by atoms with van der Waals surface area (Å²) in [7, 11) is 0. The van der Waals surface area contributed by atoms with Crippen LogP contribution in [-0.4, -0.2) is 36.9 Å². The van der Waals surface area contributed by atoms with Crippen LogP contribution in [0.25, 0.3) is 17.1 Å². The van der Waals surface area contributed by atoms with E-state index in [0.717, 1.165) is 24.1 Å². The zero-order valence-corrected chi connectivity index (χ0v) is 20.6. The van der Waals surface area contributed by atoms with Crippen LogP contribution in [0.5, 0.6) is 0 Å². The molecule has 0 saturated carbocycles. The van der Waals surface area contributed by atoms with Gasteiger partial charge >= 0.3 is 0 Å². The van der Waals surface area contributed by atoms with Gasteiger partial charge in [0.25, 0.3) is 0 Å². The fourth-order valence-corrected chi connectivity index (χ4v) is 4.53. The van der Waals surface area contributed by atoms with Crippen molar-refractivity contribution in [1.82, 2.24) is 25.1 Å². The fraction of sp³-hybridized carbons (Fsp3) is 0.231. The predicted molar refractivity (Wildman–Crippen MR) is 137 cm³/mol. The second-order valence-corrected chi connectivity index (χ2v) is 9.79. The van der Waals surface area contributed by atoms with E-state index in [2.05, 4.69) is 32.6 Å². The van der Waals surface area contributed by atoms with Crippen LogP contribution >= 0.6 is 23.4 Å². The number of nitrogens with zero attached hydrogens (tertiary/aromatic N) is 4. The summed E-state index contributed by atoms with van der Waals surface area (Å²) in [6, 6.07) is 21.6. The molecule has 2 heterocycles. The topological polar surface area (TPSA) is 72.7 Å². The molecule has 0 unspecified atom stereocenters. The van der Waals surface area contributed by atoms with E-state index < -0.39 is 0 Å². The number of hydrogen-bond donors (Lipinski definition) is 1. The number of carbonyl (C=O) groups excluding carboxylic acids is 1. The molecular weight excluding hydrogens is 466 g/mol. The molecule has 2 aromatic carbocycles. The number of thioether (sulfide) groups is 1. The van der Waals surface area contributed by atoms with Crippen molar-refractivity contribution < 1.29 is 4.79 Å². The highest BCUT2D eigenvalue weighted by Crippen LogP contribution is 2.30. The molecule has 0 radical (unpaired) electrons. The van der Waals surface area contributed by atoms with Crippen molar-refractivity contribution >= 4 is 29.3 Å². The van der Waals surface area contributed by atoms with Gasteiger partial charge in [0.05, 0.1) is 5.25 Å². The van der Waals surface area contributed by atoms with E-state index in [1.165, 1.54) is 17.3 Å². The second-order valence-electron chi connectivity index (χ2n) is 8.05.